The van der Waals surface area contributed by atoms with Gasteiger partial charge in [0.15, 0.2) is 0 Å². The molecule has 39 heavy (non-hydrogen) atoms. The maximum atomic E-state index is 4.72. The summed E-state index contributed by atoms with van der Waals surface area (Å²) in [6, 6.07) is 8.51. The fourth-order valence-electron chi connectivity index (χ4n) is 6.22. The van der Waals surface area contributed by atoms with Gasteiger partial charge in [-0.05, 0) is 62.3 Å². The van der Waals surface area contributed by atoms with Crippen LogP contribution in [0.15, 0.2) is 61.3 Å². The molecule has 0 amide bonds. The van der Waals surface area contributed by atoms with Crippen LogP contribution in [0, 0.1) is 5.92 Å². The summed E-state index contributed by atoms with van der Waals surface area (Å²) in [6.07, 6.45) is 17.6. The van der Waals surface area contributed by atoms with Crippen LogP contribution >= 0.6 is 0 Å². The number of aromatic amines is 2. The summed E-state index contributed by atoms with van der Waals surface area (Å²) < 4.78 is 0. The standard InChI is InChI=1S/C31H34N8/c1-20(21-8-4-2-5-9-21)35-23-14-22(17-32-18-23)26-15-24-28(19-34-26)37-38-30(24)27-16-25-29(10-11-33-31(25)36-27)39-12-6-3-7-13-39/h10-11,14-19,21,35H,1-9,12-13H2,(H,33,36)(H,37,38). The second-order valence-corrected chi connectivity index (χ2v) is 11.0. The molecule has 0 radical (unpaired) electrons. The highest BCUT2D eigenvalue weighted by molar-refractivity contribution is 5.99. The molecule has 3 N–H and O–H groups in total. The Morgan fingerprint density at radius 3 is 2.64 bits per heavy atom. The molecular formula is C31H34N8. The van der Waals surface area contributed by atoms with E-state index in [1.54, 1.807) is 0 Å². The average molecular weight is 519 g/mol. The first kappa shape index (κ1) is 23.9. The molecule has 8 nitrogen and oxygen atoms in total. The van der Waals surface area contributed by atoms with Gasteiger partial charge in [0.1, 0.15) is 11.3 Å². The van der Waals surface area contributed by atoms with E-state index in [1.165, 1.54) is 57.1 Å². The predicted octanol–water partition coefficient (Wildman–Crippen LogP) is 7.06. The van der Waals surface area contributed by atoms with Crippen LogP contribution in [0.2, 0.25) is 0 Å². The number of nitrogens with one attached hydrogen (secondary N) is 3. The highest BCUT2D eigenvalue weighted by atomic mass is 15.1. The van der Waals surface area contributed by atoms with E-state index in [4.69, 9.17) is 4.98 Å². The zero-order valence-corrected chi connectivity index (χ0v) is 22.2. The highest BCUT2D eigenvalue weighted by Crippen LogP contribution is 2.35. The maximum absolute atomic E-state index is 4.72. The van der Waals surface area contributed by atoms with Crippen molar-refractivity contribution in [1.82, 2.24) is 30.1 Å². The molecule has 1 aliphatic heterocycles. The molecule has 6 heterocycles. The predicted molar refractivity (Wildman–Crippen MR) is 158 cm³/mol. The molecule has 1 aliphatic carbocycles. The minimum atomic E-state index is 0.534. The Kier molecular flexibility index (Phi) is 6.23. The first-order valence-corrected chi connectivity index (χ1v) is 14.2. The highest BCUT2D eigenvalue weighted by Gasteiger charge is 2.19. The van der Waals surface area contributed by atoms with Gasteiger partial charge < -0.3 is 15.2 Å². The Balaban J connectivity index is 1.20. The van der Waals surface area contributed by atoms with Crippen molar-refractivity contribution < 1.29 is 0 Å². The van der Waals surface area contributed by atoms with Crippen LogP contribution in [0.4, 0.5) is 11.4 Å². The Bertz CT molecular complexity index is 1640. The average Bonchev–Trinajstić information content (AvgIpc) is 3.62. The van der Waals surface area contributed by atoms with E-state index in [-0.39, 0.29) is 0 Å². The molecule has 1 saturated carbocycles. The van der Waals surface area contributed by atoms with Gasteiger partial charge in [-0.15, -0.1) is 0 Å². The Morgan fingerprint density at radius 1 is 0.923 bits per heavy atom. The quantitative estimate of drug-likeness (QED) is 0.223. The third-order valence-corrected chi connectivity index (χ3v) is 8.34. The van der Waals surface area contributed by atoms with Crippen molar-refractivity contribution in [2.45, 2.75) is 51.4 Å². The largest absolute Gasteiger partial charge is 0.371 e. The van der Waals surface area contributed by atoms with Crippen molar-refractivity contribution in [3.8, 4) is 22.6 Å². The van der Waals surface area contributed by atoms with Crippen molar-refractivity contribution >= 4 is 33.3 Å². The van der Waals surface area contributed by atoms with E-state index in [9.17, 15) is 0 Å². The van der Waals surface area contributed by atoms with Crippen LogP contribution in [0.3, 0.4) is 0 Å². The number of hydrogen-bond acceptors (Lipinski definition) is 6. The van der Waals surface area contributed by atoms with Crippen LogP contribution in [-0.2, 0) is 0 Å². The molecule has 198 valence electrons. The number of hydrogen-bond donors (Lipinski definition) is 3. The van der Waals surface area contributed by atoms with Crippen molar-refractivity contribution in [3.63, 3.8) is 0 Å². The van der Waals surface area contributed by atoms with Gasteiger partial charge in [-0.25, -0.2) is 4.98 Å². The van der Waals surface area contributed by atoms with E-state index in [0.717, 1.165) is 69.1 Å². The summed E-state index contributed by atoms with van der Waals surface area (Å²) in [5.74, 6) is 0.534. The van der Waals surface area contributed by atoms with E-state index in [1.807, 2.05) is 24.8 Å². The maximum Gasteiger partial charge on any atom is 0.139 e. The van der Waals surface area contributed by atoms with E-state index >= 15 is 0 Å². The minimum absolute atomic E-state index is 0.534. The van der Waals surface area contributed by atoms with Crippen LogP contribution in [-0.4, -0.2) is 43.2 Å². The molecule has 0 spiro atoms. The van der Waals surface area contributed by atoms with Gasteiger partial charge in [-0.1, -0.05) is 25.8 Å². The molecule has 8 heteroatoms. The number of allylic oxidation sites excluding steroid dienone is 1. The summed E-state index contributed by atoms with van der Waals surface area (Å²) in [4.78, 5) is 19.8. The topological polar surface area (TPSA) is 98.4 Å². The van der Waals surface area contributed by atoms with Crippen molar-refractivity contribution in [3.05, 3.63) is 61.3 Å². The lowest BCUT2D eigenvalue weighted by Gasteiger charge is -2.29. The third-order valence-electron chi connectivity index (χ3n) is 8.34. The SMILES string of the molecule is C=C(Nc1cncc(-c2cc3c(-c4cc5c(N6CCCCC6)ccnc5[nH]4)n[nH]c3cn2)c1)C1CCCCC1. The fraction of sp³-hybridized carbons (Fsp3) is 0.355. The van der Waals surface area contributed by atoms with Crippen molar-refractivity contribution in [1.29, 1.82) is 0 Å². The van der Waals surface area contributed by atoms with Gasteiger partial charge in [0.25, 0.3) is 0 Å². The van der Waals surface area contributed by atoms with Gasteiger partial charge in [-0.2, -0.15) is 5.10 Å². The molecule has 5 aromatic rings. The lowest BCUT2D eigenvalue weighted by atomic mass is 9.87. The molecule has 7 rings (SSSR count). The molecular weight excluding hydrogens is 484 g/mol. The number of aromatic nitrogens is 6. The summed E-state index contributed by atoms with van der Waals surface area (Å²) in [6.45, 7) is 6.52. The van der Waals surface area contributed by atoms with E-state index in [0.29, 0.717) is 5.92 Å². The van der Waals surface area contributed by atoms with Crippen molar-refractivity contribution in [2.75, 3.05) is 23.3 Å². The van der Waals surface area contributed by atoms with Crippen LogP contribution in [0.25, 0.3) is 44.6 Å². The first-order valence-electron chi connectivity index (χ1n) is 14.2. The van der Waals surface area contributed by atoms with Gasteiger partial charge in [0.05, 0.1) is 35.0 Å². The zero-order chi connectivity index (χ0) is 26.2. The lowest BCUT2D eigenvalue weighted by Crippen LogP contribution is -2.29. The Labute approximate surface area is 228 Å². The van der Waals surface area contributed by atoms with Gasteiger partial charge in [-0.3, -0.25) is 15.1 Å². The number of piperidine rings is 1. The van der Waals surface area contributed by atoms with Gasteiger partial charge >= 0.3 is 0 Å². The second-order valence-electron chi connectivity index (χ2n) is 11.0. The Hall–Kier alpha value is -4.20. The molecule has 0 aromatic carbocycles. The molecule has 2 fully saturated rings. The third kappa shape index (κ3) is 4.64. The van der Waals surface area contributed by atoms with E-state index < -0.39 is 0 Å². The summed E-state index contributed by atoms with van der Waals surface area (Å²) in [5, 5.41) is 13.5. The summed E-state index contributed by atoms with van der Waals surface area (Å²) >= 11 is 0. The number of H-pyrrole nitrogens is 2. The van der Waals surface area contributed by atoms with Crippen LogP contribution in [0.5, 0.6) is 0 Å². The van der Waals surface area contributed by atoms with E-state index in [2.05, 4.69) is 66.2 Å². The number of anilines is 2. The zero-order valence-electron chi connectivity index (χ0n) is 22.2. The summed E-state index contributed by atoms with van der Waals surface area (Å²) in [7, 11) is 0. The molecule has 0 bridgehead atoms. The molecule has 0 atom stereocenters. The number of pyridine rings is 3. The molecule has 1 saturated heterocycles. The smallest absolute Gasteiger partial charge is 0.139 e. The van der Waals surface area contributed by atoms with Crippen LogP contribution < -0.4 is 10.2 Å². The lowest BCUT2D eigenvalue weighted by molar-refractivity contribution is 0.405. The molecule has 2 aliphatic rings. The summed E-state index contributed by atoms with van der Waals surface area (Å²) in [5.41, 5.74) is 8.68. The second kappa shape index (κ2) is 10.2. The number of rotatable bonds is 6. The van der Waals surface area contributed by atoms with Gasteiger partial charge in [0, 0.05) is 53.2 Å². The monoisotopic (exact) mass is 518 g/mol. The Morgan fingerprint density at radius 2 is 1.77 bits per heavy atom. The van der Waals surface area contributed by atoms with Crippen molar-refractivity contribution in [2.24, 2.45) is 5.92 Å². The fourth-order valence-corrected chi connectivity index (χ4v) is 6.22. The normalized spacial score (nSPS) is 16.7. The number of fused-ring (bicyclic) bond motifs is 2. The van der Waals surface area contributed by atoms with Crippen LogP contribution in [0.1, 0.15) is 51.4 Å². The minimum Gasteiger partial charge on any atom is -0.371 e. The molecule has 5 aromatic heterocycles. The number of nitrogens with zero attached hydrogens (tertiary/aromatic N) is 5. The molecule has 0 unspecified atom stereocenters. The first-order chi connectivity index (χ1) is 19.2. The van der Waals surface area contributed by atoms with Gasteiger partial charge in [0.2, 0.25) is 0 Å².